The zero-order chi connectivity index (χ0) is 18.5. The SMILES string of the molecule is COc1ccc(CN2CC[C@@H](NC(=O)c3cnccn3)[C@H](O)C2)c(F)c1. The summed E-state index contributed by atoms with van der Waals surface area (Å²) in [5.41, 5.74) is 0.752. The van der Waals surface area contributed by atoms with Crippen molar-refractivity contribution in [2.75, 3.05) is 20.2 Å². The number of rotatable bonds is 5. The molecule has 2 aromatic rings. The average molecular weight is 360 g/mol. The van der Waals surface area contributed by atoms with Crippen LogP contribution >= 0.6 is 0 Å². The minimum Gasteiger partial charge on any atom is -0.497 e. The first-order valence-electron chi connectivity index (χ1n) is 8.36. The Labute approximate surface area is 150 Å². The molecule has 2 heterocycles. The summed E-state index contributed by atoms with van der Waals surface area (Å²) in [6.45, 7) is 1.36. The number of aliphatic hydroxyl groups is 1. The van der Waals surface area contributed by atoms with Crippen molar-refractivity contribution < 1.29 is 19.0 Å². The molecule has 1 fully saturated rings. The molecule has 2 N–H and O–H groups in total. The lowest BCUT2D eigenvalue weighted by Gasteiger charge is -2.36. The Hall–Kier alpha value is -2.58. The molecule has 0 bridgehead atoms. The van der Waals surface area contributed by atoms with E-state index in [9.17, 15) is 14.3 Å². The molecule has 8 heteroatoms. The molecule has 26 heavy (non-hydrogen) atoms. The number of carbonyl (C=O) groups excluding carboxylic acids is 1. The van der Waals surface area contributed by atoms with E-state index < -0.39 is 6.10 Å². The molecule has 2 atom stereocenters. The summed E-state index contributed by atoms with van der Waals surface area (Å²) in [6.07, 6.45) is 4.12. The van der Waals surface area contributed by atoms with Gasteiger partial charge in [0.2, 0.25) is 0 Å². The average Bonchev–Trinajstić information content (AvgIpc) is 2.66. The lowest BCUT2D eigenvalue weighted by Crippen LogP contribution is -2.53. The highest BCUT2D eigenvalue weighted by Gasteiger charge is 2.29. The lowest BCUT2D eigenvalue weighted by atomic mass is 10.0. The molecule has 1 aliphatic heterocycles. The summed E-state index contributed by atoms with van der Waals surface area (Å²) in [6, 6.07) is 4.37. The number of aromatic nitrogens is 2. The molecule has 138 valence electrons. The monoisotopic (exact) mass is 360 g/mol. The minimum absolute atomic E-state index is 0.211. The molecule has 0 spiro atoms. The highest BCUT2D eigenvalue weighted by atomic mass is 19.1. The Morgan fingerprint density at radius 3 is 2.96 bits per heavy atom. The molecule has 7 nitrogen and oxygen atoms in total. The fourth-order valence-electron chi connectivity index (χ4n) is 2.99. The fourth-order valence-corrected chi connectivity index (χ4v) is 2.99. The number of nitrogens with zero attached hydrogens (tertiary/aromatic N) is 3. The van der Waals surface area contributed by atoms with Crippen molar-refractivity contribution in [1.29, 1.82) is 0 Å². The molecule has 1 aromatic carbocycles. The standard InChI is InChI=1S/C18H21FN4O3/c1-26-13-3-2-12(14(19)8-13)10-23-7-4-15(17(24)11-23)22-18(25)16-9-20-5-6-21-16/h2-3,5-6,8-9,15,17,24H,4,7,10-11H2,1H3,(H,22,25)/t15-,17-/m1/s1. The second-order valence-electron chi connectivity index (χ2n) is 6.22. The van der Waals surface area contributed by atoms with E-state index in [2.05, 4.69) is 15.3 Å². The summed E-state index contributed by atoms with van der Waals surface area (Å²) < 4.78 is 19.1. The maximum absolute atomic E-state index is 14.1. The number of amides is 1. The van der Waals surface area contributed by atoms with Crippen molar-refractivity contribution in [3.05, 3.63) is 53.9 Å². The van der Waals surface area contributed by atoms with Crippen molar-refractivity contribution in [1.82, 2.24) is 20.2 Å². The third kappa shape index (κ3) is 4.33. The molecule has 1 aromatic heterocycles. The molecule has 1 amide bonds. The number of methoxy groups -OCH3 is 1. The van der Waals surface area contributed by atoms with Crippen LogP contribution in [0.2, 0.25) is 0 Å². The number of aliphatic hydroxyl groups excluding tert-OH is 1. The number of halogens is 1. The molecular weight excluding hydrogens is 339 g/mol. The first kappa shape index (κ1) is 18.2. The van der Waals surface area contributed by atoms with Gasteiger partial charge in [0.15, 0.2) is 0 Å². The summed E-state index contributed by atoms with van der Waals surface area (Å²) in [7, 11) is 1.49. The van der Waals surface area contributed by atoms with E-state index in [1.165, 1.54) is 31.8 Å². The maximum Gasteiger partial charge on any atom is 0.271 e. The van der Waals surface area contributed by atoms with Gasteiger partial charge in [0.05, 0.1) is 25.5 Å². The van der Waals surface area contributed by atoms with Crippen LogP contribution in [-0.2, 0) is 6.54 Å². The second kappa shape index (κ2) is 8.20. The molecule has 0 radical (unpaired) electrons. The van der Waals surface area contributed by atoms with Crippen molar-refractivity contribution >= 4 is 5.91 Å². The van der Waals surface area contributed by atoms with Gasteiger partial charge in [-0.1, -0.05) is 6.07 Å². The Kier molecular flexibility index (Phi) is 5.75. The quantitative estimate of drug-likeness (QED) is 0.827. The molecule has 0 unspecified atom stereocenters. The van der Waals surface area contributed by atoms with Gasteiger partial charge in [-0.25, -0.2) is 9.37 Å². The lowest BCUT2D eigenvalue weighted by molar-refractivity contribution is 0.0344. The van der Waals surface area contributed by atoms with Crippen molar-refractivity contribution in [3.8, 4) is 5.75 Å². The van der Waals surface area contributed by atoms with E-state index in [1.807, 2.05) is 4.90 Å². The largest absolute Gasteiger partial charge is 0.497 e. The molecular formula is C18H21FN4O3. The summed E-state index contributed by atoms with van der Waals surface area (Å²) >= 11 is 0. The van der Waals surface area contributed by atoms with E-state index >= 15 is 0 Å². The van der Waals surface area contributed by atoms with E-state index in [0.717, 1.165) is 0 Å². The zero-order valence-corrected chi connectivity index (χ0v) is 14.4. The number of nitrogens with one attached hydrogen (secondary N) is 1. The van der Waals surface area contributed by atoms with E-state index in [4.69, 9.17) is 4.74 Å². The number of ether oxygens (including phenoxy) is 1. The van der Waals surface area contributed by atoms with Gasteiger partial charge >= 0.3 is 0 Å². The van der Waals surface area contributed by atoms with Crippen LogP contribution in [0.3, 0.4) is 0 Å². The summed E-state index contributed by atoms with van der Waals surface area (Å²) in [5, 5.41) is 13.1. The summed E-state index contributed by atoms with van der Waals surface area (Å²) in [5.74, 6) is -0.231. The Bertz CT molecular complexity index is 759. The second-order valence-corrected chi connectivity index (χ2v) is 6.22. The number of carbonyl (C=O) groups is 1. The summed E-state index contributed by atoms with van der Waals surface area (Å²) in [4.78, 5) is 21.9. The highest BCUT2D eigenvalue weighted by Crippen LogP contribution is 2.20. The van der Waals surface area contributed by atoms with Gasteiger partial charge in [-0.3, -0.25) is 14.7 Å². The number of hydrogen-bond donors (Lipinski definition) is 2. The van der Waals surface area contributed by atoms with Crippen molar-refractivity contribution in [2.45, 2.75) is 25.1 Å². The maximum atomic E-state index is 14.1. The minimum atomic E-state index is -0.745. The Morgan fingerprint density at radius 1 is 1.46 bits per heavy atom. The Balaban J connectivity index is 1.56. The van der Waals surface area contributed by atoms with Gasteiger partial charge in [0.25, 0.3) is 5.91 Å². The van der Waals surface area contributed by atoms with Gasteiger partial charge in [-0.2, -0.15) is 0 Å². The van der Waals surface area contributed by atoms with Crippen LogP contribution in [0.1, 0.15) is 22.5 Å². The van der Waals surface area contributed by atoms with Gasteiger partial charge in [-0.15, -0.1) is 0 Å². The van der Waals surface area contributed by atoms with E-state index in [1.54, 1.807) is 12.1 Å². The molecule has 1 aliphatic rings. The van der Waals surface area contributed by atoms with Crippen LogP contribution in [0.4, 0.5) is 4.39 Å². The first-order valence-corrected chi connectivity index (χ1v) is 8.36. The third-order valence-corrected chi connectivity index (χ3v) is 4.43. The normalized spacial score (nSPS) is 20.6. The zero-order valence-electron chi connectivity index (χ0n) is 14.4. The molecule has 1 saturated heterocycles. The smallest absolute Gasteiger partial charge is 0.271 e. The van der Waals surface area contributed by atoms with Crippen LogP contribution < -0.4 is 10.1 Å². The molecule has 0 aliphatic carbocycles. The Morgan fingerprint density at radius 2 is 2.31 bits per heavy atom. The van der Waals surface area contributed by atoms with E-state index in [0.29, 0.717) is 37.4 Å². The third-order valence-electron chi connectivity index (χ3n) is 4.43. The number of piperidine rings is 1. The number of hydrogen-bond acceptors (Lipinski definition) is 6. The molecule has 3 rings (SSSR count). The number of benzene rings is 1. The predicted molar refractivity (Wildman–Crippen MR) is 92.1 cm³/mol. The fraction of sp³-hybridized carbons (Fsp3) is 0.389. The van der Waals surface area contributed by atoms with Gasteiger partial charge in [0, 0.05) is 43.7 Å². The van der Waals surface area contributed by atoms with Crippen molar-refractivity contribution in [3.63, 3.8) is 0 Å². The van der Waals surface area contributed by atoms with Crippen molar-refractivity contribution in [2.24, 2.45) is 0 Å². The highest BCUT2D eigenvalue weighted by molar-refractivity contribution is 5.92. The van der Waals surface area contributed by atoms with Crippen LogP contribution in [0.5, 0.6) is 5.75 Å². The number of β-amino-alcohol motifs (C(OH)–C–C–N with tert-alkyl or cyclic N) is 1. The first-order chi connectivity index (χ1) is 12.6. The van der Waals surface area contributed by atoms with Crippen LogP contribution in [0.25, 0.3) is 0 Å². The van der Waals surface area contributed by atoms with Crippen LogP contribution in [-0.4, -0.2) is 58.2 Å². The molecule has 0 saturated carbocycles. The van der Waals surface area contributed by atoms with E-state index in [-0.39, 0.29) is 23.5 Å². The topological polar surface area (TPSA) is 87.6 Å². The number of likely N-dealkylation sites (tertiary alicyclic amines) is 1. The van der Waals surface area contributed by atoms with Gasteiger partial charge < -0.3 is 15.2 Å². The predicted octanol–water partition coefficient (Wildman–Crippen LogP) is 0.989. The van der Waals surface area contributed by atoms with Crippen LogP contribution in [0.15, 0.2) is 36.8 Å². The van der Waals surface area contributed by atoms with Gasteiger partial charge in [-0.05, 0) is 12.5 Å². The van der Waals surface area contributed by atoms with Crippen LogP contribution in [0, 0.1) is 5.82 Å². The van der Waals surface area contributed by atoms with Gasteiger partial charge in [0.1, 0.15) is 17.3 Å².